The van der Waals surface area contributed by atoms with E-state index in [0.717, 1.165) is 52.5 Å². The van der Waals surface area contributed by atoms with E-state index in [1.807, 2.05) is 20.0 Å². The van der Waals surface area contributed by atoms with Gasteiger partial charge in [-0.1, -0.05) is 0 Å². The molecule has 0 saturated heterocycles. The summed E-state index contributed by atoms with van der Waals surface area (Å²) in [5.74, 6) is 2.09. The summed E-state index contributed by atoms with van der Waals surface area (Å²) in [5, 5.41) is 13.2. The Morgan fingerprint density at radius 2 is 2.13 bits per heavy atom. The van der Waals surface area contributed by atoms with Gasteiger partial charge in [-0.2, -0.15) is 19.4 Å². The minimum absolute atomic E-state index is 0.435. The average Bonchev–Trinajstić information content (AvgIpc) is 3.53. The first-order valence-corrected chi connectivity index (χ1v) is 11.6. The Bertz CT molecular complexity index is 1140. The van der Waals surface area contributed by atoms with Gasteiger partial charge in [-0.25, -0.2) is 0 Å². The summed E-state index contributed by atoms with van der Waals surface area (Å²) in [7, 11) is 1.68. The Balaban J connectivity index is 1.52. The molecule has 0 amide bonds. The second-order valence-electron chi connectivity index (χ2n) is 8.26. The predicted octanol–water partition coefficient (Wildman–Crippen LogP) is 2.61. The van der Waals surface area contributed by atoms with Gasteiger partial charge in [-0.15, -0.1) is 0 Å². The number of pyridine rings is 1. The summed E-state index contributed by atoms with van der Waals surface area (Å²) >= 11 is 1.48. The molecule has 31 heavy (non-hydrogen) atoms. The number of aryl methyl sites for hydroxylation is 1. The lowest BCUT2D eigenvalue weighted by atomic mass is 10.1. The molecule has 8 nitrogen and oxygen atoms in total. The SMILES string of the molecule is COc1c(C)cnc(Cn2nc3cc(CCNC4CC4)c4c-3c(n2)C(N)=NSC4)c1C. The van der Waals surface area contributed by atoms with Gasteiger partial charge in [0, 0.05) is 34.7 Å². The second kappa shape index (κ2) is 8.12. The maximum absolute atomic E-state index is 6.30. The molecule has 4 aliphatic rings. The minimum atomic E-state index is 0.435. The molecule has 3 N–H and O–H groups in total. The van der Waals surface area contributed by atoms with Gasteiger partial charge in [-0.3, -0.25) is 4.98 Å². The number of nitrogens with two attached hydrogens (primary N) is 1. The largest absolute Gasteiger partial charge is 0.496 e. The van der Waals surface area contributed by atoms with Crippen molar-refractivity contribution in [2.45, 2.75) is 51.4 Å². The van der Waals surface area contributed by atoms with E-state index in [0.29, 0.717) is 24.1 Å². The first-order valence-electron chi connectivity index (χ1n) is 10.6. The molecule has 0 bridgehead atoms. The van der Waals surface area contributed by atoms with E-state index < -0.39 is 0 Å². The fourth-order valence-electron chi connectivity index (χ4n) is 4.21. The Labute approximate surface area is 186 Å². The molecule has 0 spiro atoms. The van der Waals surface area contributed by atoms with Crippen molar-refractivity contribution >= 4 is 17.8 Å². The smallest absolute Gasteiger partial charge is 0.160 e. The lowest BCUT2D eigenvalue weighted by molar-refractivity contribution is 0.406. The number of amidine groups is 1. The van der Waals surface area contributed by atoms with E-state index in [4.69, 9.17) is 20.7 Å². The van der Waals surface area contributed by atoms with Crippen LogP contribution >= 0.6 is 11.9 Å². The highest BCUT2D eigenvalue weighted by molar-refractivity contribution is 7.97. The highest BCUT2D eigenvalue weighted by Crippen LogP contribution is 2.38. The van der Waals surface area contributed by atoms with E-state index in [-0.39, 0.29) is 0 Å². The third-order valence-corrected chi connectivity index (χ3v) is 6.74. The molecular weight excluding hydrogens is 410 g/mol. The molecule has 1 fully saturated rings. The Morgan fingerprint density at radius 1 is 1.29 bits per heavy atom. The van der Waals surface area contributed by atoms with Gasteiger partial charge in [0.25, 0.3) is 0 Å². The van der Waals surface area contributed by atoms with Crippen molar-refractivity contribution in [3.8, 4) is 17.0 Å². The lowest BCUT2D eigenvalue weighted by Gasteiger charge is -2.15. The molecule has 0 radical (unpaired) electrons. The van der Waals surface area contributed by atoms with Crippen molar-refractivity contribution in [2.75, 3.05) is 13.7 Å². The summed E-state index contributed by atoms with van der Waals surface area (Å²) in [4.78, 5) is 6.28. The number of aromatic nitrogens is 4. The highest BCUT2D eigenvalue weighted by atomic mass is 32.2. The normalized spacial score (nSPS) is 15.8. The number of rotatable bonds is 7. The number of methoxy groups -OCH3 is 1. The van der Waals surface area contributed by atoms with Crippen LogP contribution in [0, 0.1) is 13.8 Å². The topological polar surface area (TPSA) is 103 Å². The molecule has 1 aromatic rings. The molecule has 2 aliphatic carbocycles. The highest BCUT2D eigenvalue weighted by Gasteiger charge is 2.27. The third kappa shape index (κ3) is 3.87. The van der Waals surface area contributed by atoms with Crippen LogP contribution in [0.5, 0.6) is 5.75 Å². The van der Waals surface area contributed by atoms with Gasteiger partial charge in [0.1, 0.15) is 18.0 Å². The third-order valence-electron chi connectivity index (χ3n) is 5.99. The number of nitrogens with zero attached hydrogens (tertiary/aromatic N) is 5. The van der Waals surface area contributed by atoms with Crippen molar-refractivity contribution < 1.29 is 4.74 Å². The Morgan fingerprint density at radius 3 is 2.90 bits per heavy atom. The van der Waals surface area contributed by atoms with E-state index in [1.54, 1.807) is 11.9 Å². The zero-order valence-electron chi connectivity index (χ0n) is 18.1. The first-order chi connectivity index (χ1) is 15.0. The van der Waals surface area contributed by atoms with E-state index in [1.165, 1.54) is 35.9 Å². The molecular formula is C22H27N7OS. The van der Waals surface area contributed by atoms with Crippen molar-refractivity contribution in [1.29, 1.82) is 0 Å². The van der Waals surface area contributed by atoms with Crippen LogP contribution < -0.4 is 15.8 Å². The second-order valence-corrected chi connectivity index (χ2v) is 8.99. The van der Waals surface area contributed by atoms with Crippen LogP contribution in [-0.2, 0) is 18.7 Å². The van der Waals surface area contributed by atoms with Crippen molar-refractivity contribution in [3.05, 3.63) is 45.9 Å². The molecule has 0 atom stereocenters. The molecule has 5 rings (SSSR count). The molecule has 1 aromatic heterocycles. The van der Waals surface area contributed by atoms with Crippen LogP contribution in [0.3, 0.4) is 0 Å². The standard InChI is InChI=1S/C22H27N7OS/c1-12-9-25-18(13(2)21(12)30-3)10-29-26-17-8-14(6-7-24-15-4-5-15)16-11-31-28-22(23)20(27-29)19(16)17/h8-9,15,24H,4-7,10-11H2,1-3H3,(H2,23,28). The van der Waals surface area contributed by atoms with Gasteiger partial charge in [-0.05, 0) is 68.8 Å². The Hall–Kier alpha value is -2.65. The van der Waals surface area contributed by atoms with Crippen LogP contribution in [0.1, 0.15) is 46.5 Å². The zero-order valence-corrected chi connectivity index (χ0v) is 18.9. The van der Waals surface area contributed by atoms with Crippen molar-refractivity contribution in [3.63, 3.8) is 0 Å². The number of hydrogen-bond acceptors (Lipinski definition) is 8. The van der Waals surface area contributed by atoms with Crippen LogP contribution in [0.2, 0.25) is 0 Å². The maximum atomic E-state index is 6.30. The monoisotopic (exact) mass is 437 g/mol. The number of hydrogen-bond donors (Lipinski definition) is 2. The summed E-state index contributed by atoms with van der Waals surface area (Å²) < 4.78 is 10.0. The van der Waals surface area contributed by atoms with Crippen LogP contribution in [0.15, 0.2) is 16.7 Å². The molecule has 1 saturated carbocycles. The molecule has 3 heterocycles. The minimum Gasteiger partial charge on any atom is -0.496 e. The summed E-state index contributed by atoms with van der Waals surface area (Å²) in [6.07, 6.45) is 5.39. The fraction of sp³-hybridized carbons (Fsp3) is 0.455. The lowest BCUT2D eigenvalue weighted by Crippen LogP contribution is -2.22. The maximum Gasteiger partial charge on any atom is 0.160 e. The number of ether oxygens (including phenoxy) is 1. The predicted molar refractivity (Wildman–Crippen MR) is 123 cm³/mol. The first kappa shape index (κ1) is 20.3. The van der Waals surface area contributed by atoms with E-state index in [9.17, 15) is 0 Å². The van der Waals surface area contributed by atoms with Gasteiger partial charge in [0.15, 0.2) is 5.84 Å². The van der Waals surface area contributed by atoms with Crippen LogP contribution in [-0.4, -0.2) is 45.5 Å². The average molecular weight is 438 g/mol. The van der Waals surface area contributed by atoms with Crippen molar-refractivity contribution in [2.24, 2.45) is 10.1 Å². The number of nitrogens with one attached hydrogen (secondary N) is 1. The van der Waals surface area contributed by atoms with Gasteiger partial charge < -0.3 is 15.8 Å². The van der Waals surface area contributed by atoms with E-state index in [2.05, 4.69) is 20.8 Å². The van der Waals surface area contributed by atoms with Gasteiger partial charge >= 0.3 is 0 Å². The zero-order chi connectivity index (χ0) is 21.5. The summed E-state index contributed by atoms with van der Waals surface area (Å²) in [5.41, 5.74) is 14.4. The molecule has 2 aliphatic heterocycles. The molecule has 0 unspecified atom stereocenters. The molecule has 162 valence electrons. The molecule has 0 aromatic carbocycles. The quantitative estimate of drug-likeness (QED) is 0.548. The van der Waals surface area contributed by atoms with Gasteiger partial charge in [0.05, 0.1) is 18.5 Å². The summed E-state index contributed by atoms with van der Waals surface area (Å²) in [6, 6.07) is 2.90. The van der Waals surface area contributed by atoms with Crippen LogP contribution in [0.25, 0.3) is 11.3 Å². The van der Waals surface area contributed by atoms with Crippen LogP contribution in [0.4, 0.5) is 0 Å². The van der Waals surface area contributed by atoms with Gasteiger partial charge in [0.2, 0.25) is 0 Å². The van der Waals surface area contributed by atoms with E-state index >= 15 is 0 Å². The fourth-order valence-corrected chi connectivity index (χ4v) is 4.95. The molecule has 9 heteroatoms. The Kier molecular flexibility index (Phi) is 5.31. The van der Waals surface area contributed by atoms with Crippen molar-refractivity contribution in [1.82, 2.24) is 25.3 Å². The summed E-state index contributed by atoms with van der Waals surface area (Å²) in [6.45, 7) is 5.42.